The van der Waals surface area contributed by atoms with E-state index < -0.39 is 17.5 Å². The molecule has 5 nitrogen and oxygen atoms in total. The lowest BCUT2D eigenvalue weighted by Gasteiger charge is -2.13. The average molecular weight is 269 g/mol. The van der Waals surface area contributed by atoms with E-state index in [9.17, 15) is 13.6 Å². The maximum Gasteiger partial charge on any atom is 0.237 e. The lowest BCUT2D eigenvalue weighted by molar-refractivity contribution is -0.130. The van der Waals surface area contributed by atoms with Crippen molar-refractivity contribution in [3.63, 3.8) is 0 Å². The Morgan fingerprint density at radius 2 is 2.05 bits per heavy atom. The molecule has 0 bridgehead atoms. The monoisotopic (exact) mass is 269 g/mol. The summed E-state index contributed by atoms with van der Waals surface area (Å²) in [4.78, 5) is 11.4. The third kappa shape index (κ3) is 3.89. The molecule has 0 saturated carbocycles. The molecule has 0 unspecified atom stereocenters. The highest BCUT2D eigenvalue weighted by Crippen LogP contribution is 2.21. The van der Waals surface area contributed by atoms with Crippen molar-refractivity contribution in [1.29, 1.82) is 5.26 Å². The fourth-order valence-electron chi connectivity index (χ4n) is 1.48. The Hall–Kier alpha value is -2.20. The summed E-state index contributed by atoms with van der Waals surface area (Å²) in [5, 5.41) is 9.07. The van der Waals surface area contributed by atoms with Crippen molar-refractivity contribution in [3.8, 4) is 11.8 Å². The molecular weight excluding hydrogens is 256 g/mol. The van der Waals surface area contributed by atoms with Crippen molar-refractivity contribution in [1.82, 2.24) is 5.01 Å². The number of amides is 1. The lowest BCUT2D eigenvalue weighted by Crippen LogP contribution is -2.37. The highest BCUT2D eigenvalue weighted by molar-refractivity contribution is 5.76. The molecule has 102 valence electrons. The van der Waals surface area contributed by atoms with Gasteiger partial charge in [0, 0.05) is 24.1 Å². The van der Waals surface area contributed by atoms with Gasteiger partial charge in [-0.15, -0.1) is 0 Å². The molecule has 0 aromatic heterocycles. The van der Waals surface area contributed by atoms with Gasteiger partial charge in [-0.25, -0.2) is 14.6 Å². The van der Waals surface area contributed by atoms with Crippen LogP contribution in [0.4, 0.5) is 8.78 Å². The maximum absolute atomic E-state index is 13.6. The van der Waals surface area contributed by atoms with Crippen LogP contribution in [0.3, 0.4) is 0 Å². The predicted molar refractivity (Wildman–Crippen MR) is 62.7 cm³/mol. The van der Waals surface area contributed by atoms with Crippen molar-refractivity contribution >= 4 is 5.91 Å². The first-order valence-corrected chi connectivity index (χ1v) is 5.43. The van der Waals surface area contributed by atoms with E-state index in [1.165, 1.54) is 7.11 Å². The van der Waals surface area contributed by atoms with E-state index in [2.05, 4.69) is 0 Å². The number of rotatable bonds is 5. The molecule has 1 aromatic carbocycles. The molecule has 0 fully saturated rings. The SMILES string of the molecule is COc1cc(F)c(CCC(=O)N(N)CC#N)c(F)c1. The van der Waals surface area contributed by atoms with Gasteiger partial charge in [0.1, 0.15) is 23.9 Å². The fourth-order valence-corrected chi connectivity index (χ4v) is 1.48. The van der Waals surface area contributed by atoms with Crippen LogP contribution in [-0.2, 0) is 11.2 Å². The second-order valence-corrected chi connectivity index (χ2v) is 3.75. The summed E-state index contributed by atoms with van der Waals surface area (Å²) < 4.78 is 31.9. The van der Waals surface area contributed by atoms with E-state index in [1.54, 1.807) is 6.07 Å². The molecular formula is C12H13F2N3O2. The number of carbonyl (C=O) groups is 1. The van der Waals surface area contributed by atoms with Crippen LogP contribution in [0.1, 0.15) is 12.0 Å². The first-order chi connectivity index (χ1) is 8.99. The summed E-state index contributed by atoms with van der Waals surface area (Å²) in [6.07, 6.45) is -0.321. The normalized spacial score (nSPS) is 9.84. The summed E-state index contributed by atoms with van der Waals surface area (Å²) in [6, 6.07) is 3.78. The zero-order chi connectivity index (χ0) is 14.4. The van der Waals surface area contributed by atoms with Crippen LogP contribution in [0, 0.1) is 23.0 Å². The smallest absolute Gasteiger partial charge is 0.237 e. The van der Waals surface area contributed by atoms with Crippen LogP contribution in [0.25, 0.3) is 0 Å². The minimum atomic E-state index is -0.784. The molecule has 0 aliphatic heterocycles. The number of ether oxygens (including phenoxy) is 1. The van der Waals surface area contributed by atoms with Crippen LogP contribution in [0.15, 0.2) is 12.1 Å². The number of nitrogens with two attached hydrogens (primary N) is 1. The minimum absolute atomic E-state index is 0.0648. The summed E-state index contributed by atoms with van der Waals surface area (Å²) >= 11 is 0. The van der Waals surface area contributed by atoms with Gasteiger partial charge >= 0.3 is 0 Å². The molecule has 0 aliphatic rings. The van der Waals surface area contributed by atoms with E-state index in [4.69, 9.17) is 15.8 Å². The number of methoxy groups -OCH3 is 1. The molecule has 0 saturated heterocycles. The molecule has 0 atom stereocenters. The lowest BCUT2D eigenvalue weighted by atomic mass is 10.1. The van der Waals surface area contributed by atoms with Crippen LogP contribution in [0.2, 0.25) is 0 Å². The Labute approximate surface area is 109 Å². The summed E-state index contributed by atoms with van der Waals surface area (Å²) in [5.41, 5.74) is -0.209. The van der Waals surface area contributed by atoms with Crippen LogP contribution >= 0.6 is 0 Å². The third-order valence-corrected chi connectivity index (χ3v) is 2.50. The Kier molecular flexibility index (Phi) is 5.21. The quantitative estimate of drug-likeness (QED) is 0.376. The standard InChI is InChI=1S/C12H13F2N3O2/c1-19-8-6-10(13)9(11(14)7-8)2-3-12(18)17(16)5-4-15/h6-7H,2-3,5,16H2,1H3. The Morgan fingerprint density at radius 1 is 1.47 bits per heavy atom. The van der Waals surface area contributed by atoms with Gasteiger partial charge < -0.3 is 4.74 Å². The number of hydrogen-bond donors (Lipinski definition) is 1. The van der Waals surface area contributed by atoms with Gasteiger partial charge in [-0.05, 0) is 6.42 Å². The molecule has 1 amide bonds. The van der Waals surface area contributed by atoms with Crippen molar-refractivity contribution in [2.75, 3.05) is 13.7 Å². The third-order valence-electron chi connectivity index (χ3n) is 2.50. The number of benzene rings is 1. The average Bonchev–Trinajstić information content (AvgIpc) is 2.37. The second-order valence-electron chi connectivity index (χ2n) is 3.75. The fraction of sp³-hybridized carbons (Fsp3) is 0.333. The zero-order valence-corrected chi connectivity index (χ0v) is 10.3. The second kappa shape index (κ2) is 6.66. The van der Waals surface area contributed by atoms with E-state index in [-0.39, 0.29) is 30.7 Å². The molecule has 0 heterocycles. The summed E-state index contributed by atoms with van der Waals surface area (Å²) in [6.45, 7) is -0.271. The Bertz CT molecular complexity index is 491. The van der Waals surface area contributed by atoms with Gasteiger partial charge in [-0.1, -0.05) is 0 Å². The van der Waals surface area contributed by atoms with Crippen LogP contribution in [0.5, 0.6) is 5.75 Å². The molecule has 19 heavy (non-hydrogen) atoms. The molecule has 1 aromatic rings. The molecule has 0 spiro atoms. The van der Waals surface area contributed by atoms with E-state index >= 15 is 0 Å². The molecule has 1 rings (SSSR count). The van der Waals surface area contributed by atoms with E-state index in [1.807, 2.05) is 0 Å². The van der Waals surface area contributed by atoms with E-state index in [0.717, 1.165) is 12.1 Å². The van der Waals surface area contributed by atoms with E-state index in [0.29, 0.717) is 5.01 Å². The number of hydrogen-bond acceptors (Lipinski definition) is 4. The van der Waals surface area contributed by atoms with Crippen molar-refractivity contribution in [3.05, 3.63) is 29.3 Å². The maximum atomic E-state index is 13.6. The summed E-state index contributed by atoms with van der Waals surface area (Å²) in [7, 11) is 1.30. The Morgan fingerprint density at radius 3 is 2.53 bits per heavy atom. The molecule has 0 aliphatic carbocycles. The number of hydrazine groups is 1. The molecule has 7 heteroatoms. The van der Waals surface area contributed by atoms with Gasteiger partial charge in [0.05, 0.1) is 13.2 Å². The van der Waals surface area contributed by atoms with Crippen molar-refractivity contribution < 1.29 is 18.3 Å². The highest BCUT2D eigenvalue weighted by Gasteiger charge is 2.15. The van der Waals surface area contributed by atoms with Gasteiger partial charge in [0.2, 0.25) is 5.91 Å². The van der Waals surface area contributed by atoms with Gasteiger partial charge in [-0.2, -0.15) is 5.26 Å². The van der Waals surface area contributed by atoms with Crippen LogP contribution < -0.4 is 10.6 Å². The molecule has 2 N–H and O–H groups in total. The first-order valence-electron chi connectivity index (χ1n) is 5.43. The summed E-state index contributed by atoms with van der Waals surface area (Å²) in [5.74, 6) is 3.21. The predicted octanol–water partition coefficient (Wildman–Crippen LogP) is 1.13. The highest BCUT2D eigenvalue weighted by atomic mass is 19.1. The molecule has 0 radical (unpaired) electrons. The van der Waals surface area contributed by atoms with Crippen LogP contribution in [-0.4, -0.2) is 24.6 Å². The first kappa shape index (κ1) is 14.9. The minimum Gasteiger partial charge on any atom is -0.497 e. The van der Waals surface area contributed by atoms with Crippen molar-refractivity contribution in [2.45, 2.75) is 12.8 Å². The number of halogens is 2. The zero-order valence-electron chi connectivity index (χ0n) is 10.3. The van der Waals surface area contributed by atoms with Crippen molar-refractivity contribution in [2.24, 2.45) is 5.84 Å². The number of carbonyl (C=O) groups excluding carboxylic acids is 1. The van der Waals surface area contributed by atoms with Gasteiger partial charge in [0.15, 0.2) is 0 Å². The largest absolute Gasteiger partial charge is 0.497 e. The number of nitriles is 1. The Balaban J connectivity index is 2.74. The number of nitrogens with zero attached hydrogens (tertiary/aromatic N) is 2. The van der Waals surface area contributed by atoms with Gasteiger partial charge in [-0.3, -0.25) is 9.80 Å². The topological polar surface area (TPSA) is 79.3 Å². The van der Waals surface area contributed by atoms with Gasteiger partial charge in [0.25, 0.3) is 0 Å².